The minimum absolute atomic E-state index is 0. The van der Waals surface area contributed by atoms with Gasteiger partial charge in [0.2, 0.25) is 0 Å². The average molecular weight is 1940 g/mol. The molecule has 1 rings (SSSR count). The van der Waals surface area contributed by atoms with Crippen LogP contribution in [0.4, 0.5) is 0 Å². The van der Waals surface area contributed by atoms with Gasteiger partial charge in [-0.25, -0.2) is 0 Å². The van der Waals surface area contributed by atoms with Gasteiger partial charge in [0.15, 0.2) is 0 Å². The third kappa shape index (κ3) is 4210. The van der Waals surface area contributed by atoms with Gasteiger partial charge in [0, 0.05) is 0 Å². The monoisotopic (exact) mass is 1940 g/mol. The van der Waals surface area contributed by atoms with E-state index >= 15 is 0 Å². The molecule has 0 atom stereocenters. The lowest BCUT2D eigenvalue weighted by molar-refractivity contribution is 0.378. The Balaban J connectivity index is -0.0000000428. The average Bonchev–Trinajstić information content (AvgIpc) is 3.02. The van der Waals surface area contributed by atoms with Crippen molar-refractivity contribution in [3.63, 3.8) is 0 Å². The van der Waals surface area contributed by atoms with Gasteiger partial charge in [0.25, 0.3) is 0 Å². The second kappa shape index (κ2) is 64.8. The lowest BCUT2D eigenvalue weighted by atomic mass is 9.97. The van der Waals surface area contributed by atoms with E-state index in [1.807, 2.05) is 0 Å². The molecule has 103 heavy (non-hydrogen) atoms. The Bertz CT molecular complexity index is 3220. The Hall–Kier alpha value is -3.16. The molecule has 1 aromatic carbocycles. The van der Waals surface area contributed by atoms with E-state index in [1.54, 1.807) is 0 Å². The number of benzene rings is 1. The molecule has 0 unspecified atom stereocenters. The topological polar surface area (TPSA) is 1380 Å². The minimum atomic E-state index is -4.67. The summed E-state index contributed by atoms with van der Waals surface area (Å²) in [5.41, 5.74) is 2.86. The standard InChI is InChI=1S/C12H18.H3N.18H2O4S/c1-9(2)11-5-7-12(8-6-11)10(3)4;;18*1-5(2,3)4/h5-10H,1-4H3;1H3;18*(H2,1,2,3,4). The van der Waals surface area contributed by atoms with Gasteiger partial charge in [-0.1, -0.05) is 52.0 Å². The van der Waals surface area contributed by atoms with E-state index in [1.165, 1.54) is 11.1 Å². The van der Waals surface area contributed by atoms with Crippen LogP contribution in [-0.2, 0) is 187 Å². The molecule has 0 saturated heterocycles. The molecule has 0 amide bonds. The van der Waals surface area contributed by atoms with E-state index < -0.39 is 187 Å². The summed E-state index contributed by atoms with van der Waals surface area (Å²) >= 11 is 0. The fraction of sp³-hybridized carbons (Fsp3) is 0.500. The highest BCUT2D eigenvalue weighted by Gasteiger charge is 2.01. The molecule has 0 spiro atoms. The summed E-state index contributed by atoms with van der Waals surface area (Å²) in [5.74, 6) is 1.29. The molecular weight excluding hydrogens is 1890 g/mol. The van der Waals surface area contributed by atoms with Crippen LogP contribution < -0.4 is 6.15 Å². The van der Waals surface area contributed by atoms with Crippen LogP contribution in [0.2, 0.25) is 0 Å². The summed E-state index contributed by atoms with van der Waals surface area (Å²) < 4.78 is 568. The van der Waals surface area contributed by atoms with E-state index in [4.69, 9.17) is 315 Å². The van der Waals surface area contributed by atoms with Crippen molar-refractivity contribution in [3.05, 3.63) is 35.4 Å². The zero-order valence-electron chi connectivity index (χ0n) is 47.3. The summed E-state index contributed by atoms with van der Waals surface area (Å²) in [5, 5.41) is 0. The normalized spacial score (nSPS) is 11.4. The van der Waals surface area contributed by atoms with Gasteiger partial charge in [0.1, 0.15) is 0 Å². The smallest absolute Gasteiger partial charge is 0.344 e. The summed E-state index contributed by atoms with van der Waals surface area (Å²) in [6, 6.07) is 8.94. The molecule has 91 heteroatoms. The molecular formula is C12H57NO72S18. The Labute approximate surface area is 579 Å². The Morgan fingerprint density at radius 2 is 0.175 bits per heavy atom. The van der Waals surface area contributed by atoms with E-state index in [-0.39, 0.29) is 6.15 Å². The molecule has 0 bridgehead atoms. The lowest BCUT2D eigenvalue weighted by Crippen LogP contribution is -1.90. The van der Waals surface area contributed by atoms with Crippen molar-refractivity contribution >= 4 is 187 Å². The van der Waals surface area contributed by atoms with Crippen LogP contribution in [0.5, 0.6) is 0 Å². The van der Waals surface area contributed by atoms with E-state index in [2.05, 4.69) is 52.0 Å². The first-order chi connectivity index (χ1) is 41.6. The number of hydrogen-bond acceptors (Lipinski definition) is 37. The molecule has 0 aliphatic rings. The highest BCUT2D eigenvalue weighted by atomic mass is 32.3. The Kier molecular flexibility index (Phi) is 93.9. The molecule has 0 radical (unpaired) electrons. The molecule has 0 aliphatic heterocycles. The van der Waals surface area contributed by atoms with Gasteiger partial charge >= 0.3 is 187 Å². The first-order valence-electron chi connectivity index (χ1n) is 17.3. The van der Waals surface area contributed by atoms with Gasteiger partial charge in [-0.3, -0.25) is 164 Å². The van der Waals surface area contributed by atoms with Crippen molar-refractivity contribution in [1.82, 2.24) is 6.15 Å². The molecule has 1 aromatic rings. The van der Waals surface area contributed by atoms with Crippen LogP contribution in [0, 0.1) is 0 Å². The minimum Gasteiger partial charge on any atom is -0.344 e. The summed E-state index contributed by atoms with van der Waals surface area (Å²) in [4.78, 5) is 0. The summed E-state index contributed by atoms with van der Waals surface area (Å²) in [6.07, 6.45) is 0. The van der Waals surface area contributed by atoms with Gasteiger partial charge in [-0.05, 0) is 23.0 Å². The van der Waals surface area contributed by atoms with Crippen LogP contribution in [0.15, 0.2) is 24.3 Å². The van der Waals surface area contributed by atoms with Gasteiger partial charge < -0.3 is 6.15 Å². The zero-order chi connectivity index (χ0) is 90.1. The van der Waals surface area contributed by atoms with Crippen molar-refractivity contribution < 1.29 is 315 Å². The molecule has 0 saturated carbocycles. The first-order valence-corrected chi connectivity index (χ1v) is 42.4. The van der Waals surface area contributed by atoms with Crippen molar-refractivity contribution in [1.29, 1.82) is 0 Å². The fourth-order valence-electron chi connectivity index (χ4n) is 1.27. The summed E-state index contributed by atoms with van der Waals surface area (Å²) in [6.45, 7) is 8.91. The van der Waals surface area contributed by atoms with Crippen LogP contribution >= 0.6 is 0 Å². The first kappa shape index (κ1) is 149. The third-order valence-electron chi connectivity index (χ3n) is 2.27. The molecule has 0 aromatic heterocycles. The maximum atomic E-state index is 8.74. The van der Waals surface area contributed by atoms with Gasteiger partial charge in [-0.15, -0.1) is 0 Å². The maximum Gasteiger partial charge on any atom is 0.394 e. The number of rotatable bonds is 2. The second-order valence-corrected chi connectivity index (χ2v) is 28.2. The molecule has 39 N–H and O–H groups in total. The van der Waals surface area contributed by atoms with Crippen LogP contribution in [0.3, 0.4) is 0 Å². The van der Waals surface area contributed by atoms with E-state index in [9.17, 15) is 0 Å². The predicted molar refractivity (Wildman–Crippen MR) is 315 cm³/mol. The van der Waals surface area contributed by atoms with E-state index in [0.29, 0.717) is 11.8 Å². The highest BCUT2D eigenvalue weighted by molar-refractivity contribution is 7.83. The van der Waals surface area contributed by atoms with Crippen molar-refractivity contribution in [2.24, 2.45) is 0 Å². The number of hydrogen-bond donors (Lipinski definition) is 37. The predicted octanol–water partition coefficient (Wildman–Crippen LogP) is -7.65. The van der Waals surface area contributed by atoms with Crippen LogP contribution in [0.25, 0.3) is 0 Å². The zero-order valence-corrected chi connectivity index (χ0v) is 62.0. The largest absolute Gasteiger partial charge is 0.394 e. The Morgan fingerprint density at radius 3 is 0.194 bits per heavy atom. The molecule has 0 aliphatic carbocycles. The van der Waals surface area contributed by atoms with Crippen molar-refractivity contribution in [2.75, 3.05) is 0 Å². The Morgan fingerprint density at radius 1 is 0.146 bits per heavy atom. The molecule has 0 heterocycles. The molecule has 73 nitrogen and oxygen atoms in total. The SMILES string of the molecule is CC(C)c1ccc(C(C)C)cc1.N.O=S(=O)(O)O.O=S(=O)(O)O.O=S(=O)(O)O.O=S(=O)(O)O.O=S(=O)(O)O.O=S(=O)(O)O.O=S(=O)(O)O.O=S(=O)(O)O.O=S(=O)(O)O.O=S(=O)(O)O.O=S(=O)(O)O.O=S(=O)(O)O.O=S(=O)(O)O.O=S(=O)(O)O.O=S(=O)(O)O.O=S(=O)(O)O.O=S(=O)(O)O.O=S(=O)(O)O. The fourth-order valence-corrected chi connectivity index (χ4v) is 1.27. The lowest BCUT2D eigenvalue weighted by Gasteiger charge is -2.08. The van der Waals surface area contributed by atoms with Crippen molar-refractivity contribution in [3.8, 4) is 0 Å². The molecule has 650 valence electrons. The highest BCUT2D eigenvalue weighted by Crippen LogP contribution is 2.19. The van der Waals surface area contributed by atoms with Gasteiger partial charge in [-0.2, -0.15) is 152 Å². The van der Waals surface area contributed by atoms with Gasteiger partial charge in [0.05, 0.1) is 0 Å². The van der Waals surface area contributed by atoms with Crippen LogP contribution in [0.1, 0.15) is 50.7 Å². The third-order valence-corrected chi connectivity index (χ3v) is 2.27. The summed E-state index contributed by atoms with van der Waals surface area (Å²) in [7, 11) is -84.0. The molecule has 0 fully saturated rings. The second-order valence-electron chi connectivity index (χ2n) is 12.0. The van der Waals surface area contributed by atoms with E-state index in [0.717, 1.165) is 0 Å². The van der Waals surface area contributed by atoms with Crippen molar-refractivity contribution in [2.45, 2.75) is 39.5 Å². The van der Waals surface area contributed by atoms with Crippen LogP contribution in [-0.4, -0.2) is 315 Å². The maximum absolute atomic E-state index is 8.74. The quantitative estimate of drug-likeness (QED) is 0.122.